The minimum Gasteiger partial charge on any atom is -0.399 e. The van der Waals surface area contributed by atoms with E-state index in [0.29, 0.717) is 20.8 Å². The van der Waals surface area contributed by atoms with Crippen LogP contribution in [0.25, 0.3) is 0 Å². The van der Waals surface area contributed by atoms with E-state index in [1.807, 2.05) is 20.8 Å². The van der Waals surface area contributed by atoms with E-state index >= 15 is 0 Å². The Morgan fingerprint density at radius 2 is 1.76 bits per heavy atom. The quantitative estimate of drug-likeness (QED) is 0.669. The fourth-order valence-corrected chi connectivity index (χ4v) is 3.10. The number of amides is 1. The van der Waals surface area contributed by atoms with Crippen molar-refractivity contribution in [1.82, 2.24) is 9.97 Å². The average Bonchev–Trinajstić information content (AvgIpc) is 2.38. The van der Waals surface area contributed by atoms with Crippen molar-refractivity contribution in [3.63, 3.8) is 0 Å². The standard InChI is InChI=1S/C14H15ClN4OS/c1-6-7(2)18-14(19-8(6)3)21-12-10(13(17)20)4-9(16)5-11(12)15/h4-5H,16H2,1-3H3,(H2,17,20). The highest BCUT2D eigenvalue weighted by atomic mass is 35.5. The van der Waals surface area contributed by atoms with Crippen molar-refractivity contribution < 1.29 is 4.79 Å². The molecule has 0 atom stereocenters. The molecule has 0 aliphatic rings. The predicted octanol–water partition coefficient (Wildman–Crippen LogP) is 2.89. The highest BCUT2D eigenvalue weighted by Crippen LogP contribution is 2.36. The lowest BCUT2D eigenvalue weighted by Gasteiger charge is -2.11. The molecule has 0 unspecified atom stereocenters. The number of hydrogen-bond donors (Lipinski definition) is 2. The Labute approximate surface area is 132 Å². The zero-order valence-corrected chi connectivity index (χ0v) is 13.5. The van der Waals surface area contributed by atoms with E-state index in [4.69, 9.17) is 23.1 Å². The Morgan fingerprint density at radius 3 is 2.29 bits per heavy atom. The summed E-state index contributed by atoms with van der Waals surface area (Å²) in [6.07, 6.45) is 0. The second kappa shape index (κ2) is 5.91. The molecule has 0 saturated carbocycles. The van der Waals surface area contributed by atoms with E-state index < -0.39 is 5.91 Å². The molecule has 110 valence electrons. The highest BCUT2D eigenvalue weighted by molar-refractivity contribution is 7.99. The van der Waals surface area contributed by atoms with Crippen molar-refractivity contribution in [2.75, 3.05) is 5.73 Å². The highest BCUT2D eigenvalue weighted by Gasteiger charge is 2.17. The van der Waals surface area contributed by atoms with Crippen LogP contribution in [-0.4, -0.2) is 15.9 Å². The Balaban J connectivity index is 2.51. The maximum absolute atomic E-state index is 11.6. The number of aryl methyl sites for hydroxylation is 2. The summed E-state index contributed by atoms with van der Waals surface area (Å²) in [5.41, 5.74) is 14.5. The second-order valence-electron chi connectivity index (χ2n) is 4.65. The van der Waals surface area contributed by atoms with Crippen molar-refractivity contribution >= 4 is 35.0 Å². The van der Waals surface area contributed by atoms with Gasteiger partial charge in [0.05, 0.1) is 10.6 Å². The Kier molecular flexibility index (Phi) is 4.39. The zero-order valence-electron chi connectivity index (χ0n) is 11.9. The number of nitrogens with zero attached hydrogens (tertiary/aromatic N) is 2. The predicted molar refractivity (Wildman–Crippen MR) is 84.7 cm³/mol. The van der Waals surface area contributed by atoms with E-state index in [9.17, 15) is 4.79 Å². The van der Waals surface area contributed by atoms with Crippen LogP contribution in [0.4, 0.5) is 5.69 Å². The molecule has 4 N–H and O–H groups in total. The first-order chi connectivity index (χ1) is 9.79. The van der Waals surface area contributed by atoms with Gasteiger partial charge in [-0.1, -0.05) is 11.6 Å². The van der Waals surface area contributed by atoms with Gasteiger partial charge in [-0.05, 0) is 50.2 Å². The molecular formula is C14H15ClN4OS. The van der Waals surface area contributed by atoms with Crippen molar-refractivity contribution in [3.05, 3.63) is 39.7 Å². The third-order valence-electron chi connectivity index (χ3n) is 3.14. The minimum absolute atomic E-state index is 0.268. The molecule has 0 radical (unpaired) electrons. The van der Waals surface area contributed by atoms with Crippen LogP contribution >= 0.6 is 23.4 Å². The second-order valence-corrected chi connectivity index (χ2v) is 6.03. The van der Waals surface area contributed by atoms with Gasteiger partial charge in [0.1, 0.15) is 0 Å². The van der Waals surface area contributed by atoms with Crippen LogP contribution in [0.2, 0.25) is 5.02 Å². The minimum atomic E-state index is -0.591. The molecule has 1 heterocycles. The van der Waals surface area contributed by atoms with Crippen molar-refractivity contribution in [1.29, 1.82) is 0 Å². The maximum atomic E-state index is 11.6. The Morgan fingerprint density at radius 1 is 1.19 bits per heavy atom. The summed E-state index contributed by atoms with van der Waals surface area (Å²) in [6, 6.07) is 3.08. The van der Waals surface area contributed by atoms with E-state index in [0.717, 1.165) is 17.0 Å². The van der Waals surface area contributed by atoms with Crippen LogP contribution in [0.15, 0.2) is 22.2 Å². The van der Waals surface area contributed by atoms with Gasteiger partial charge in [0, 0.05) is 22.0 Å². The maximum Gasteiger partial charge on any atom is 0.249 e. The van der Waals surface area contributed by atoms with Crippen LogP contribution in [0.1, 0.15) is 27.3 Å². The van der Waals surface area contributed by atoms with Crippen LogP contribution < -0.4 is 11.5 Å². The van der Waals surface area contributed by atoms with Gasteiger partial charge in [-0.2, -0.15) is 0 Å². The van der Waals surface area contributed by atoms with Gasteiger partial charge in [-0.3, -0.25) is 4.79 Å². The number of halogens is 1. The number of primary amides is 1. The molecule has 1 aromatic heterocycles. The molecule has 0 aliphatic carbocycles. The molecule has 0 bridgehead atoms. The molecule has 0 spiro atoms. The third kappa shape index (κ3) is 3.28. The molecular weight excluding hydrogens is 308 g/mol. The van der Waals surface area contributed by atoms with E-state index in [1.165, 1.54) is 17.8 Å². The fraction of sp³-hybridized carbons (Fsp3) is 0.214. The number of benzene rings is 1. The fourth-order valence-electron chi connectivity index (χ4n) is 1.78. The van der Waals surface area contributed by atoms with Gasteiger partial charge in [0.25, 0.3) is 0 Å². The average molecular weight is 323 g/mol. The first-order valence-corrected chi connectivity index (χ1v) is 7.37. The summed E-state index contributed by atoms with van der Waals surface area (Å²) < 4.78 is 0. The lowest BCUT2D eigenvalue weighted by Crippen LogP contribution is -2.13. The van der Waals surface area contributed by atoms with E-state index in [1.54, 1.807) is 6.07 Å². The van der Waals surface area contributed by atoms with Crippen LogP contribution in [0.5, 0.6) is 0 Å². The van der Waals surface area contributed by atoms with Crippen molar-refractivity contribution in [3.8, 4) is 0 Å². The number of hydrogen-bond acceptors (Lipinski definition) is 5. The van der Waals surface area contributed by atoms with Gasteiger partial charge in [-0.25, -0.2) is 9.97 Å². The summed E-state index contributed by atoms with van der Waals surface area (Å²) in [5.74, 6) is -0.591. The molecule has 0 saturated heterocycles. The van der Waals surface area contributed by atoms with Crippen LogP contribution in [0, 0.1) is 20.8 Å². The number of nitrogens with two attached hydrogens (primary N) is 2. The van der Waals surface area contributed by atoms with Crippen LogP contribution in [0.3, 0.4) is 0 Å². The lowest BCUT2D eigenvalue weighted by molar-refractivity contribution is 0.0997. The summed E-state index contributed by atoms with van der Waals surface area (Å²) in [4.78, 5) is 20.9. The molecule has 0 fully saturated rings. The number of nitrogen functional groups attached to an aromatic ring is 1. The number of anilines is 1. The molecule has 7 heteroatoms. The number of carbonyl (C=O) groups excluding carboxylic acids is 1. The number of carbonyl (C=O) groups is 1. The first-order valence-electron chi connectivity index (χ1n) is 6.18. The van der Waals surface area contributed by atoms with Gasteiger partial charge in [0.2, 0.25) is 5.91 Å². The topological polar surface area (TPSA) is 94.9 Å². The molecule has 0 aliphatic heterocycles. The summed E-state index contributed by atoms with van der Waals surface area (Å²) in [6.45, 7) is 5.78. The number of rotatable bonds is 3. The SMILES string of the molecule is Cc1nc(Sc2c(Cl)cc(N)cc2C(N)=O)nc(C)c1C. The van der Waals surface area contributed by atoms with E-state index in [2.05, 4.69) is 9.97 Å². The Bertz CT molecular complexity index is 710. The Hall–Kier alpha value is -1.79. The smallest absolute Gasteiger partial charge is 0.249 e. The molecule has 1 amide bonds. The molecule has 1 aromatic carbocycles. The molecule has 2 aromatic rings. The van der Waals surface area contributed by atoms with Gasteiger partial charge in [-0.15, -0.1) is 0 Å². The number of aromatic nitrogens is 2. The summed E-state index contributed by atoms with van der Waals surface area (Å²) in [7, 11) is 0. The lowest BCUT2D eigenvalue weighted by atomic mass is 10.2. The van der Waals surface area contributed by atoms with Crippen LogP contribution in [-0.2, 0) is 0 Å². The molecule has 5 nitrogen and oxygen atoms in total. The monoisotopic (exact) mass is 322 g/mol. The summed E-state index contributed by atoms with van der Waals surface area (Å²) in [5, 5.41) is 0.873. The molecule has 2 rings (SSSR count). The largest absolute Gasteiger partial charge is 0.399 e. The third-order valence-corrected chi connectivity index (χ3v) is 4.56. The van der Waals surface area contributed by atoms with Gasteiger partial charge >= 0.3 is 0 Å². The molecule has 21 heavy (non-hydrogen) atoms. The van der Waals surface area contributed by atoms with E-state index in [-0.39, 0.29) is 5.56 Å². The first kappa shape index (κ1) is 15.6. The zero-order chi connectivity index (χ0) is 15.7. The van der Waals surface area contributed by atoms with Gasteiger partial charge < -0.3 is 11.5 Å². The normalized spacial score (nSPS) is 10.7. The summed E-state index contributed by atoms with van der Waals surface area (Å²) >= 11 is 7.38. The van der Waals surface area contributed by atoms with Crippen molar-refractivity contribution in [2.45, 2.75) is 30.8 Å². The van der Waals surface area contributed by atoms with Gasteiger partial charge in [0.15, 0.2) is 5.16 Å². The van der Waals surface area contributed by atoms with Crippen molar-refractivity contribution in [2.24, 2.45) is 5.73 Å².